The Morgan fingerprint density at radius 1 is 1.12 bits per heavy atom. The second-order valence-electron chi connectivity index (χ2n) is 5.93. The van der Waals surface area contributed by atoms with Crippen LogP contribution in [0.2, 0.25) is 0 Å². The maximum atomic E-state index is 13.8. The Bertz CT molecular complexity index is 812. The first-order valence-corrected chi connectivity index (χ1v) is 8.53. The van der Waals surface area contributed by atoms with Crippen molar-refractivity contribution in [3.8, 4) is 0 Å². The van der Waals surface area contributed by atoms with Gasteiger partial charge in [0.25, 0.3) is 5.91 Å². The van der Waals surface area contributed by atoms with Gasteiger partial charge < -0.3 is 10.1 Å². The van der Waals surface area contributed by atoms with E-state index in [9.17, 15) is 14.0 Å². The number of amides is 1. The minimum Gasteiger partial charge on any atom is -0.449 e. The number of rotatable bonds is 4. The lowest BCUT2D eigenvalue weighted by atomic mass is 10.0. The number of carbonyl (C=O) groups excluding carboxylic acids is 2. The van der Waals surface area contributed by atoms with Gasteiger partial charge in [0.15, 0.2) is 6.10 Å². The van der Waals surface area contributed by atoms with E-state index in [1.807, 2.05) is 32.9 Å². The van der Waals surface area contributed by atoms with Crippen molar-refractivity contribution in [3.63, 3.8) is 0 Å². The van der Waals surface area contributed by atoms with Crippen LogP contribution >= 0.6 is 15.9 Å². The Kier molecular flexibility index (Phi) is 5.95. The number of aryl methyl sites for hydroxylation is 3. The summed E-state index contributed by atoms with van der Waals surface area (Å²) in [5.41, 5.74) is 3.41. The maximum Gasteiger partial charge on any atom is 0.341 e. The smallest absolute Gasteiger partial charge is 0.341 e. The molecule has 0 spiro atoms. The van der Waals surface area contributed by atoms with Gasteiger partial charge in [0, 0.05) is 10.2 Å². The van der Waals surface area contributed by atoms with Crippen LogP contribution in [-0.4, -0.2) is 18.0 Å². The molecule has 0 saturated heterocycles. The topological polar surface area (TPSA) is 55.4 Å². The maximum absolute atomic E-state index is 13.8. The first-order valence-electron chi connectivity index (χ1n) is 7.73. The highest BCUT2D eigenvalue weighted by molar-refractivity contribution is 9.10. The Hall–Kier alpha value is -2.21. The zero-order valence-electron chi connectivity index (χ0n) is 14.4. The molecule has 0 bridgehead atoms. The van der Waals surface area contributed by atoms with Gasteiger partial charge in [-0.3, -0.25) is 4.79 Å². The molecule has 4 nitrogen and oxygen atoms in total. The minimum absolute atomic E-state index is 0.217. The summed E-state index contributed by atoms with van der Waals surface area (Å²) >= 11 is 3.12. The molecular formula is C19H19BrFNO3. The van der Waals surface area contributed by atoms with Crippen molar-refractivity contribution in [2.45, 2.75) is 33.8 Å². The minimum atomic E-state index is -1.06. The number of ether oxygens (including phenoxy) is 1. The molecule has 2 rings (SSSR count). The van der Waals surface area contributed by atoms with Crippen LogP contribution < -0.4 is 5.32 Å². The summed E-state index contributed by atoms with van der Waals surface area (Å²) < 4.78 is 19.4. The summed E-state index contributed by atoms with van der Waals surface area (Å²) in [6, 6.07) is 7.91. The highest BCUT2D eigenvalue weighted by Gasteiger charge is 2.22. The summed E-state index contributed by atoms with van der Waals surface area (Å²) in [6.45, 7) is 7.21. The summed E-state index contributed by atoms with van der Waals surface area (Å²) in [7, 11) is 0. The molecule has 1 amide bonds. The van der Waals surface area contributed by atoms with Crippen molar-refractivity contribution in [2.75, 3.05) is 5.32 Å². The number of hydrogen-bond donors (Lipinski definition) is 1. The van der Waals surface area contributed by atoms with Gasteiger partial charge in [0.1, 0.15) is 5.82 Å². The fraction of sp³-hybridized carbons (Fsp3) is 0.263. The molecule has 0 radical (unpaired) electrons. The van der Waals surface area contributed by atoms with Gasteiger partial charge in [-0.2, -0.15) is 0 Å². The third kappa shape index (κ3) is 4.66. The number of benzene rings is 2. The second kappa shape index (κ2) is 7.78. The Balaban J connectivity index is 2.09. The monoisotopic (exact) mass is 407 g/mol. The van der Waals surface area contributed by atoms with Crippen molar-refractivity contribution in [2.24, 2.45) is 0 Å². The third-order valence-electron chi connectivity index (χ3n) is 3.73. The molecule has 0 aliphatic carbocycles. The molecule has 0 unspecified atom stereocenters. The zero-order valence-corrected chi connectivity index (χ0v) is 16.0. The first kappa shape index (κ1) is 19.1. The van der Waals surface area contributed by atoms with Crippen molar-refractivity contribution in [3.05, 3.63) is 62.9 Å². The molecule has 0 aromatic heterocycles. The van der Waals surface area contributed by atoms with Crippen LogP contribution in [0.4, 0.5) is 10.1 Å². The summed E-state index contributed by atoms with van der Waals surface area (Å²) in [5.74, 6) is -2.07. The van der Waals surface area contributed by atoms with Crippen LogP contribution in [0, 0.1) is 26.6 Å². The third-order valence-corrected chi connectivity index (χ3v) is 4.22. The molecule has 0 saturated carbocycles. The molecule has 2 aromatic carbocycles. The standard InChI is InChI=1S/C19H19BrFNO3/c1-10-7-11(2)17(12(3)8-10)22-18(23)13(4)25-19(24)15-6-5-14(20)9-16(15)21/h5-9,13H,1-4H3,(H,22,23)/t13-/m0/s1. The van der Waals surface area contributed by atoms with Gasteiger partial charge in [-0.05, 0) is 57.0 Å². The summed E-state index contributed by atoms with van der Waals surface area (Å²) in [5, 5.41) is 2.77. The molecule has 1 N–H and O–H groups in total. The number of esters is 1. The quantitative estimate of drug-likeness (QED) is 0.747. The second-order valence-corrected chi connectivity index (χ2v) is 6.85. The normalized spacial score (nSPS) is 11.8. The highest BCUT2D eigenvalue weighted by atomic mass is 79.9. The largest absolute Gasteiger partial charge is 0.449 e. The van der Waals surface area contributed by atoms with E-state index in [1.54, 1.807) is 0 Å². The summed E-state index contributed by atoms with van der Waals surface area (Å²) in [6.07, 6.45) is -1.06. The lowest BCUT2D eigenvalue weighted by molar-refractivity contribution is -0.123. The molecule has 0 fully saturated rings. The van der Waals surface area contributed by atoms with E-state index in [-0.39, 0.29) is 5.56 Å². The molecule has 1 atom stereocenters. The van der Waals surface area contributed by atoms with Crippen LogP contribution in [0.25, 0.3) is 0 Å². The van der Waals surface area contributed by atoms with Crippen molar-refractivity contribution in [1.82, 2.24) is 0 Å². The van der Waals surface area contributed by atoms with Crippen LogP contribution in [0.15, 0.2) is 34.8 Å². The van der Waals surface area contributed by atoms with Gasteiger partial charge in [-0.1, -0.05) is 33.6 Å². The molecule has 0 heterocycles. The van der Waals surface area contributed by atoms with Crippen LogP contribution in [0.1, 0.15) is 34.0 Å². The number of anilines is 1. The number of hydrogen-bond acceptors (Lipinski definition) is 3. The van der Waals surface area contributed by atoms with Crippen LogP contribution in [-0.2, 0) is 9.53 Å². The number of carbonyl (C=O) groups is 2. The summed E-state index contributed by atoms with van der Waals surface area (Å²) in [4.78, 5) is 24.4. The Morgan fingerprint density at radius 2 is 1.72 bits per heavy atom. The van der Waals surface area contributed by atoms with Gasteiger partial charge in [-0.25, -0.2) is 9.18 Å². The average Bonchev–Trinajstić information content (AvgIpc) is 2.50. The van der Waals surface area contributed by atoms with E-state index in [0.717, 1.165) is 16.7 Å². The molecule has 0 aliphatic heterocycles. The van der Waals surface area contributed by atoms with E-state index in [2.05, 4.69) is 21.2 Å². The SMILES string of the molecule is Cc1cc(C)c(NC(=O)[C@H](C)OC(=O)c2ccc(Br)cc2F)c(C)c1. The number of nitrogens with one attached hydrogen (secondary N) is 1. The average molecular weight is 408 g/mol. The molecule has 0 aliphatic rings. The molecular weight excluding hydrogens is 389 g/mol. The van der Waals surface area contributed by atoms with E-state index >= 15 is 0 Å². The Labute approximate surface area is 154 Å². The molecule has 25 heavy (non-hydrogen) atoms. The van der Waals surface area contributed by atoms with Crippen LogP contribution in [0.3, 0.4) is 0 Å². The lowest BCUT2D eigenvalue weighted by Gasteiger charge is -2.17. The van der Waals surface area contributed by atoms with E-state index in [1.165, 1.54) is 25.1 Å². The van der Waals surface area contributed by atoms with Gasteiger partial charge >= 0.3 is 5.97 Å². The van der Waals surface area contributed by atoms with Gasteiger partial charge in [0.05, 0.1) is 5.56 Å². The fourth-order valence-electron chi connectivity index (χ4n) is 2.53. The van der Waals surface area contributed by atoms with Crippen molar-refractivity contribution >= 4 is 33.5 Å². The first-order chi connectivity index (χ1) is 11.7. The van der Waals surface area contributed by atoms with Gasteiger partial charge in [0.2, 0.25) is 0 Å². The van der Waals surface area contributed by atoms with Crippen molar-refractivity contribution in [1.29, 1.82) is 0 Å². The predicted octanol–water partition coefficient (Wildman–Crippen LogP) is 4.70. The molecule has 6 heteroatoms. The van der Waals surface area contributed by atoms with E-state index < -0.39 is 23.8 Å². The van der Waals surface area contributed by atoms with Crippen molar-refractivity contribution < 1.29 is 18.7 Å². The predicted molar refractivity (Wildman–Crippen MR) is 98.3 cm³/mol. The lowest BCUT2D eigenvalue weighted by Crippen LogP contribution is -2.30. The highest BCUT2D eigenvalue weighted by Crippen LogP contribution is 2.22. The Morgan fingerprint density at radius 3 is 2.28 bits per heavy atom. The molecule has 2 aromatic rings. The van der Waals surface area contributed by atoms with Crippen LogP contribution in [0.5, 0.6) is 0 Å². The van der Waals surface area contributed by atoms with Gasteiger partial charge in [-0.15, -0.1) is 0 Å². The van der Waals surface area contributed by atoms with E-state index in [4.69, 9.17) is 4.74 Å². The number of halogens is 2. The van der Waals surface area contributed by atoms with E-state index in [0.29, 0.717) is 10.2 Å². The zero-order chi connectivity index (χ0) is 18.7. The fourth-order valence-corrected chi connectivity index (χ4v) is 2.87. The molecule has 132 valence electrons.